The molecule has 2 saturated carbocycles. The summed E-state index contributed by atoms with van der Waals surface area (Å²) in [6.45, 7) is 5.87. The van der Waals surface area contributed by atoms with Crippen LogP contribution in [0.1, 0.15) is 117 Å². The molecule has 0 aromatic carbocycles. The Balaban J connectivity index is 1.70. The van der Waals surface area contributed by atoms with E-state index in [9.17, 15) is 19.8 Å². The van der Waals surface area contributed by atoms with Crippen LogP contribution in [0.15, 0.2) is 0 Å². The molecule has 0 aromatic heterocycles. The van der Waals surface area contributed by atoms with Crippen LogP contribution in [0.25, 0.3) is 0 Å². The third-order valence-electron chi connectivity index (χ3n) is 9.87. The lowest BCUT2D eigenvalue weighted by Gasteiger charge is -2.46. The maximum Gasteiger partial charge on any atom is 0.302 e. The molecule has 3 fully saturated rings. The maximum atomic E-state index is 12.1. The Bertz CT molecular complexity index is 773. The predicted octanol–water partition coefficient (Wildman–Crippen LogP) is 4.21. The molecule has 0 spiro atoms. The summed E-state index contributed by atoms with van der Waals surface area (Å²) in [6.07, 6.45) is 12.3. The van der Waals surface area contributed by atoms with E-state index in [-0.39, 0.29) is 55.0 Å². The van der Waals surface area contributed by atoms with Crippen molar-refractivity contribution in [3.05, 3.63) is 0 Å². The average molecular weight is 583 g/mol. The molecule has 2 aliphatic carbocycles. The number of aliphatic hydroxyl groups excluding tert-OH is 2. The summed E-state index contributed by atoms with van der Waals surface area (Å²) >= 11 is 0. The van der Waals surface area contributed by atoms with Crippen molar-refractivity contribution in [3.8, 4) is 0 Å². The molecule has 1 saturated heterocycles. The fourth-order valence-electron chi connectivity index (χ4n) is 7.59. The van der Waals surface area contributed by atoms with Gasteiger partial charge >= 0.3 is 11.9 Å². The second kappa shape index (κ2) is 17.8. The van der Waals surface area contributed by atoms with Gasteiger partial charge in [-0.25, -0.2) is 0 Å². The summed E-state index contributed by atoms with van der Waals surface area (Å²) < 4.78 is 18.0. The van der Waals surface area contributed by atoms with E-state index < -0.39 is 6.10 Å². The first-order valence-corrected chi connectivity index (χ1v) is 16.5. The maximum absolute atomic E-state index is 12.1. The summed E-state index contributed by atoms with van der Waals surface area (Å²) in [5, 5.41) is 24.2. The number of hydrogen-bond donors (Lipinski definition) is 4. The zero-order chi connectivity index (χ0) is 29.8. The van der Waals surface area contributed by atoms with Crippen LogP contribution in [-0.4, -0.2) is 72.0 Å². The molecule has 5 N–H and O–H groups in total. The van der Waals surface area contributed by atoms with E-state index in [1.165, 1.54) is 33.1 Å². The molecule has 0 aromatic rings. The summed E-state index contributed by atoms with van der Waals surface area (Å²) in [6, 6.07) is 0. The Hall–Kier alpha value is -1.26. The number of aliphatic hydroxyl groups is 2. The van der Waals surface area contributed by atoms with Crippen molar-refractivity contribution in [2.45, 2.75) is 154 Å². The lowest BCUT2D eigenvalue weighted by Crippen LogP contribution is -2.50. The van der Waals surface area contributed by atoms with Crippen molar-refractivity contribution in [2.75, 3.05) is 13.2 Å². The summed E-state index contributed by atoms with van der Waals surface area (Å²) in [4.78, 5) is 24.0. The fourth-order valence-corrected chi connectivity index (χ4v) is 7.59. The van der Waals surface area contributed by atoms with Gasteiger partial charge < -0.3 is 35.5 Å². The van der Waals surface area contributed by atoms with Crippen LogP contribution in [0, 0.1) is 23.7 Å². The molecule has 1 aliphatic heterocycles. The van der Waals surface area contributed by atoms with Crippen molar-refractivity contribution in [1.29, 1.82) is 0 Å². The molecule has 9 heteroatoms. The number of esters is 2. The van der Waals surface area contributed by atoms with Crippen molar-refractivity contribution in [1.82, 2.24) is 5.32 Å². The molecule has 41 heavy (non-hydrogen) atoms. The summed E-state index contributed by atoms with van der Waals surface area (Å²) in [7, 11) is 0. The van der Waals surface area contributed by atoms with E-state index in [4.69, 9.17) is 19.9 Å². The smallest absolute Gasteiger partial charge is 0.302 e. The number of nitrogens with one attached hydrogen (secondary N) is 1. The highest BCUT2D eigenvalue weighted by Crippen LogP contribution is 2.43. The third-order valence-corrected chi connectivity index (χ3v) is 9.87. The van der Waals surface area contributed by atoms with Crippen molar-refractivity contribution in [3.63, 3.8) is 0 Å². The van der Waals surface area contributed by atoms with E-state index in [0.717, 1.165) is 57.9 Å². The molecule has 0 bridgehead atoms. The molecule has 9 unspecified atom stereocenters. The molecule has 9 nitrogen and oxygen atoms in total. The number of carbonyl (C=O) groups excluding carboxylic acids is 2. The number of ether oxygens (including phenoxy) is 3. The van der Waals surface area contributed by atoms with E-state index in [2.05, 4.69) is 5.32 Å². The van der Waals surface area contributed by atoms with E-state index in [1.54, 1.807) is 0 Å². The first kappa shape index (κ1) is 34.2. The van der Waals surface area contributed by atoms with Gasteiger partial charge in [-0.3, -0.25) is 9.59 Å². The zero-order valence-corrected chi connectivity index (χ0v) is 25.8. The Morgan fingerprint density at radius 2 is 1.63 bits per heavy atom. The zero-order valence-electron chi connectivity index (χ0n) is 25.8. The van der Waals surface area contributed by atoms with Gasteiger partial charge in [0.25, 0.3) is 0 Å². The minimum absolute atomic E-state index is 0.0214. The van der Waals surface area contributed by atoms with Crippen molar-refractivity contribution >= 4 is 11.9 Å². The van der Waals surface area contributed by atoms with Crippen LogP contribution in [-0.2, 0) is 23.8 Å². The second-order valence-electron chi connectivity index (χ2n) is 13.1. The Labute approximate surface area is 247 Å². The van der Waals surface area contributed by atoms with Crippen LogP contribution >= 0.6 is 0 Å². The van der Waals surface area contributed by atoms with Crippen molar-refractivity contribution < 1.29 is 34.0 Å². The summed E-state index contributed by atoms with van der Waals surface area (Å²) in [5.41, 5.74) is 6.29. The first-order chi connectivity index (χ1) is 19.7. The third kappa shape index (κ3) is 11.7. The van der Waals surface area contributed by atoms with Gasteiger partial charge in [0, 0.05) is 26.9 Å². The van der Waals surface area contributed by atoms with E-state index in [1.807, 2.05) is 6.92 Å². The van der Waals surface area contributed by atoms with Crippen LogP contribution in [0.2, 0.25) is 0 Å². The van der Waals surface area contributed by atoms with Gasteiger partial charge in [-0.2, -0.15) is 0 Å². The average Bonchev–Trinajstić information content (AvgIpc) is 2.93. The monoisotopic (exact) mass is 582 g/mol. The molecule has 3 rings (SSSR count). The van der Waals surface area contributed by atoms with Crippen LogP contribution in [0.3, 0.4) is 0 Å². The highest BCUT2D eigenvalue weighted by molar-refractivity contribution is 5.66. The molecular weight excluding hydrogens is 524 g/mol. The minimum Gasteiger partial charge on any atom is -0.462 e. The molecule has 0 amide bonds. The lowest BCUT2D eigenvalue weighted by molar-refractivity contribution is -0.154. The van der Waals surface area contributed by atoms with Crippen LogP contribution < -0.4 is 11.1 Å². The van der Waals surface area contributed by atoms with Gasteiger partial charge in [0.1, 0.15) is 12.2 Å². The number of hydrogen-bond acceptors (Lipinski definition) is 9. The second-order valence-corrected chi connectivity index (χ2v) is 13.1. The standard InChI is InChI=1S/C32H58N2O7/c1-4-23(20-35)10-12-27(39-21(2)36)18-28(40-22(3)37)13-11-24-16-31(41-26-8-6-5-7-9-26)30(38)19-29(24)25-14-15-34-32(33)17-25/h23-32,34-35,38H,4-20,33H2,1-3H3. The lowest BCUT2D eigenvalue weighted by atomic mass is 9.66. The highest BCUT2D eigenvalue weighted by atomic mass is 16.6. The first-order valence-electron chi connectivity index (χ1n) is 16.5. The molecule has 9 atom stereocenters. The van der Waals surface area contributed by atoms with Gasteiger partial charge in [-0.15, -0.1) is 0 Å². The molecular formula is C32H58N2O7. The normalized spacial score (nSPS) is 31.7. The highest BCUT2D eigenvalue weighted by Gasteiger charge is 2.42. The molecule has 3 aliphatic rings. The number of carbonyl (C=O) groups is 2. The SMILES string of the molecule is CCC(CO)CCC(CC(CCC1CC(OC2CCCCC2)C(O)CC1C1CCNC(N)C1)OC(C)=O)OC(C)=O. The number of nitrogens with two attached hydrogens (primary N) is 1. The van der Waals surface area contributed by atoms with Crippen LogP contribution in [0.5, 0.6) is 0 Å². The quantitative estimate of drug-likeness (QED) is 0.209. The Kier molecular flexibility index (Phi) is 14.8. The van der Waals surface area contributed by atoms with E-state index >= 15 is 0 Å². The van der Waals surface area contributed by atoms with Crippen LogP contribution in [0.4, 0.5) is 0 Å². The Morgan fingerprint density at radius 3 is 2.24 bits per heavy atom. The molecule has 1 heterocycles. The largest absolute Gasteiger partial charge is 0.462 e. The topological polar surface area (TPSA) is 140 Å². The van der Waals surface area contributed by atoms with Crippen molar-refractivity contribution in [2.24, 2.45) is 29.4 Å². The number of rotatable bonds is 15. The predicted molar refractivity (Wildman–Crippen MR) is 158 cm³/mol. The Morgan fingerprint density at radius 1 is 0.951 bits per heavy atom. The van der Waals surface area contributed by atoms with Gasteiger partial charge in [0.2, 0.25) is 0 Å². The molecule has 238 valence electrons. The van der Waals surface area contributed by atoms with Gasteiger partial charge in [-0.05, 0) is 94.4 Å². The minimum atomic E-state index is -0.472. The van der Waals surface area contributed by atoms with Gasteiger partial charge in [0.15, 0.2) is 0 Å². The number of piperidine rings is 1. The van der Waals surface area contributed by atoms with Gasteiger partial charge in [0.05, 0.1) is 24.5 Å². The molecule has 0 radical (unpaired) electrons. The van der Waals surface area contributed by atoms with E-state index in [0.29, 0.717) is 43.4 Å². The van der Waals surface area contributed by atoms with Gasteiger partial charge in [-0.1, -0.05) is 32.6 Å². The summed E-state index contributed by atoms with van der Waals surface area (Å²) in [5.74, 6) is 0.573. The fraction of sp³-hybridized carbons (Fsp3) is 0.938.